The summed E-state index contributed by atoms with van der Waals surface area (Å²) in [6.07, 6.45) is 1.00. The molecule has 35 heavy (non-hydrogen) atoms. The van der Waals surface area contributed by atoms with Crippen LogP contribution in [0.1, 0.15) is 37.6 Å². The lowest BCUT2D eigenvalue weighted by atomic mass is 9.87. The number of nitrogens with zero attached hydrogens (tertiary/aromatic N) is 2. The van der Waals surface area contributed by atoms with Gasteiger partial charge in [0.1, 0.15) is 18.2 Å². The molecule has 0 aliphatic heterocycles. The third kappa shape index (κ3) is 4.10. The Morgan fingerprint density at radius 1 is 0.886 bits per heavy atom. The van der Waals surface area contributed by atoms with E-state index < -0.39 is 0 Å². The van der Waals surface area contributed by atoms with E-state index in [2.05, 4.69) is 87.5 Å². The summed E-state index contributed by atoms with van der Waals surface area (Å²) in [5.41, 5.74) is 10.5. The summed E-state index contributed by atoms with van der Waals surface area (Å²) in [5.74, 6) is 0. The van der Waals surface area contributed by atoms with Gasteiger partial charge in [0.05, 0.1) is 12.1 Å². The Morgan fingerprint density at radius 3 is 2.31 bits per heavy atom. The zero-order valence-corrected chi connectivity index (χ0v) is 21.4. The molecule has 0 amide bonds. The van der Waals surface area contributed by atoms with Crippen molar-refractivity contribution in [1.29, 1.82) is 0 Å². The number of hydrogen-bond donors (Lipinski definition) is 0. The average molecular weight is 460 g/mol. The first kappa shape index (κ1) is 22.9. The predicted molar refractivity (Wildman–Crippen MR) is 145 cm³/mol. The first-order valence-corrected chi connectivity index (χ1v) is 12.1. The highest BCUT2D eigenvalue weighted by Gasteiger charge is 2.25. The minimum atomic E-state index is 0.199. The molecule has 3 heteroatoms. The molecule has 0 spiro atoms. The lowest BCUT2D eigenvalue weighted by Crippen LogP contribution is -2.35. The number of hydrogen-bond acceptors (Lipinski definition) is 1. The van der Waals surface area contributed by atoms with Gasteiger partial charge in [-0.3, -0.25) is 0 Å². The summed E-state index contributed by atoms with van der Waals surface area (Å²) in [5, 5.41) is 2.03. The third-order valence-corrected chi connectivity index (χ3v) is 6.75. The molecular formula is C32H31N2O+. The Labute approximate surface area is 207 Å². The summed E-state index contributed by atoms with van der Waals surface area (Å²) >= 11 is 0. The number of aromatic nitrogens is 1. The van der Waals surface area contributed by atoms with Crippen LogP contribution in [0.3, 0.4) is 0 Å². The molecule has 0 unspecified atom stereocenters. The van der Waals surface area contributed by atoms with Crippen molar-refractivity contribution in [2.24, 2.45) is 12.5 Å². The van der Waals surface area contributed by atoms with E-state index in [0.29, 0.717) is 5.69 Å². The monoisotopic (exact) mass is 459 g/mol. The SMILES string of the molecule is [C-]#[N+]c1cc(-c2ccccc2)c2oc3c(-c4cc(CC(C)(C)C)cc(C)[n+]4C)c(C)ccc3c2c1. The first-order chi connectivity index (χ1) is 16.7. The van der Waals surface area contributed by atoms with Crippen molar-refractivity contribution in [1.82, 2.24) is 0 Å². The maximum absolute atomic E-state index is 7.69. The zero-order valence-electron chi connectivity index (χ0n) is 21.4. The highest BCUT2D eigenvalue weighted by Crippen LogP contribution is 2.42. The smallest absolute Gasteiger partial charge is 0.216 e. The van der Waals surface area contributed by atoms with E-state index in [4.69, 9.17) is 11.0 Å². The van der Waals surface area contributed by atoms with Crippen LogP contribution in [-0.2, 0) is 13.5 Å². The van der Waals surface area contributed by atoms with Crippen molar-refractivity contribution in [2.75, 3.05) is 0 Å². The highest BCUT2D eigenvalue weighted by molar-refractivity contribution is 6.14. The van der Waals surface area contributed by atoms with E-state index >= 15 is 0 Å². The number of pyridine rings is 1. The molecule has 0 atom stereocenters. The lowest BCUT2D eigenvalue weighted by molar-refractivity contribution is -0.666. The molecule has 3 nitrogen and oxygen atoms in total. The second-order valence-corrected chi connectivity index (χ2v) is 10.8. The number of rotatable bonds is 3. The van der Waals surface area contributed by atoms with Gasteiger partial charge in [0, 0.05) is 35.4 Å². The van der Waals surface area contributed by atoms with Gasteiger partial charge in [-0.2, -0.15) is 4.57 Å². The molecule has 0 bridgehead atoms. The van der Waals surface area contributed by atoms with Crippen LogP contribution < -0.4 is 4.57 Å². The van der Waals surface area contributed by atoms with Crippen LogP contribution in [0.25, 0.3) is 49.2 Å². The zero-order chi connectivity index (χ0) is 24.9. The summed E-state index contributed by atoms with van der Waals surface area (Å²) in [6, 6.07) is 23.0. The fourth-order valence-electron chi connectivity index (χ4n) is 5.06. The van der Waals surface area contributed by atoms with Crippen LogP contribution in [0.2, 0.25) is 0 Å². The second kappa shape index (κ2) is 8.40. The van der Waals surface area contributed by atoms with Gasteiger partial charge in [-0.1, -0.05) is 63.2 Å². The highest BCUT2D eigenvalue weighted by atomic mass is 16.3. The number of benzene rings is 3. The topological polar surface area (TPSA) is 21.4 Å². The van der Waals surface area contributed by atoms with Crippen LogP contribution in [0.4, 0.5) is 5.69 Å². The standard InChI is InChI=1S/C32H31N2O/c1-20-13-14-25-27-18-24(33-6)17-26(23-11-9-8-10-12-23)30(27)35-31(25)29(20)28-16-22(19-32(3,4)5)15-21(2)34(28)7/h8-18H,19H2,1-5,7H3/q+1. The van der Waals surface area contributed by atoms with E-state index in [-0.39, 0.29) is 5.41 Å². The Hall–Kier alpha value is -3.90. The number of fused-ring (bicyclic) bond motifs is 3. The molecule has 0 N–H and O–H groups in total. The quantitative estimate of drug-likeness (QED) is 0.196. The molecule has 0 saturated heterocycles. The van der Waals surface area contributed by atoms with Gasteiger partial charge in [-0.05, 0) is 47.6 Å². The van der Waals surface area contributed by atoms with Crippen LogP contribution in [0.15, 0.2) is 71.1 Å². The van der Waals surface area contributed by atoms with Gasteiger partial charge in [-0.15, -0.1) is 0 Å². The van der Waals surface area contributed by atoms with Crippen molar-refractivity contribution in [2.45, 2.75) is 41.0 Å². The van der Waals surface area contributed by atoms with Crippen LogP contribution in [0, 0.1) is 25.8 Å². The fraction of sp³-hybridized carbons (Fsp3) is 0.250. The van der Waals surface area contributed by atoms with Gasteiger partial charge < -0.3 is 4.42 Å². The third-order valence-electron chi connectivity index (χ3n) is 6.75. The largest absolute Gasteiger partial charge is 0.455 e. The molecule has 3 aromatic carbocycles. The summed E-state index contributed by atoms with van der Waals surface area (Å²) in [4.78, 5) is 3.77. The van der Waals surface area contributed by atoms with Crippen LogP contribution >= 0.6 is 0 Å². The molecule has 174 valence electrons. The molecule has 5 aromatic rings. The molecule has 0 aliphatic rings. The summed E-state index contributed by atoms with van der Waals surface area (Å²) in [7, 11) is 2.12. The van der Waals surface area contributed by atoms with Gasteiger partial charge in [0.2, 0.25) is 5.69 Å². The summed E-state index contributed by atoms with van der Waals surface area (Å²) < 4.78 is 8.98. The molecule has 2 heterocycles. The Morgan fingerprint density at radius 2 is 1.63 bits per heavy atom. The maximum atomic E-state index is 7.69. The van der Waals surface area contributed by atoms with Crippen molar-refractivity contribution in [3.05, 3.63) is 95.0 Å². The van der Waals surface area contributed by atoms with Crippen molar-refractivity contribution in [3.8, 4) is 22.4 Å². The predicted octanol–water partition coefficient (Wildman–Crippen LogP) is 8.50. The van der Waals surface area contributed by atoms with Crippen molar-refractivity contribution < 1.29 is 8.98 Å². The molecule has 2 aromatic heterocycles. The minimum Gasteiger partial charge on any atom is -0.455 e. The lowest BCUT2D eigenvalue weighted by Gasteiger charge is -2.18. The van der Waals surface area contributed by atoms with E-state index in [1.165, 1.54) is 16.8 Å². The Balaban J connectivity index is 1.85. The van der Waals surface area contributed by atoms with E-state index in [1.54, 1.807) is 0 Å². The van der Waals surface area contributed by atoms with Gasteiger partial charge in [0.15, 0.2) is 11.4 Å². The molecule has 0 saturated carbocycles. The van der Waals surface area contributed by atoms with Gasteiger partial charge in [-0.25, -0.2) is 4.85 Å². The van der Waals surface area contributed by atoms with Crippen LogP contribution in [-0.4, -0.2) is 0 Å². The molecule has 5 rings (SSSR count). The first-order valence-electron chi connectivity index (χ1n) is 12.1. The van der Waals surface area contributed by atoms with Gasteiger partial charge in [0.25, 0.3) is 0 Å². The van der Waals surface area contributed by atoms with Crippen LogP contribution in [0.5, 0.6) is 0 Å². The number of furan rings is 1. The molecule has 0 aliphatic carbocycles. The molecule has 0 fully saturated rings. The average Bonchev–Trinajstić information content (AvgIpc) is 3.18. The number of aryl methyl sites for hydroxylation is 2. The molecular weight excluding hydrogens is 428 g/mol. The van der Waals surface area contributed by atoms with E-state index in [9.17, 15) is 0 Å². The fourth-order valence-corrected chi connectivity index (χ4v) is 5.06. The van der Waals surface area contributed by atoms with Crippen molar-refractivity contribution >= 4 is 27.6 Å². The second-order valence-electron chi connectivity index (χ2n) is 10.8. The Kier molecular flexibility index (Phi) is 5.49. The maximum Gasteiger partial charge on any atom is 0.216 e. The Bertz CT molecular complexity index is 1630. The summed E-state index contributed by atoms with van der Waals surface area (Å²) in [6.45, 7) is 18.8. The minimum absolute atomic E-state index is 0.199. The molecule has 0 radical (unpaired) electrons. The van der Waals surface area contributed by atoms with Gasteiger partial charge >= 0.3 is 0 Å². The normalized spacial score (nSPS) is 11.8. The van der Waals surface area contributed by atoms with Crippen molar-refractivity contribution in [3.63, 3.8) is 0 Å². The van der Waals surface area contributed by atoms with E-state index in [0.717, 1.165) is 50.7 Å². The van der Waals surface area contributed by atoms with E-state index in [1.807, 2.05) is 30.3 Å².